The van der Waals surface area contributed by atoms with Crippen molar-refractivity contribution in [2.75, 3.05) is 18.6 Å². The molecule has 0 bridgehead atoms. The van der Waals surface area contributed by atoms with E-state index in [9.17, 15) is 21.8 Å². The second-order valence-corrected chi connectivity index (χ2v) is 7.71. The summed E-state index contributed by atoms with van der Waals surface area (Å²) in [6, 6.07) is 1.69. The number of carbonyl (C=O) groups is 1. The molecule has 0 heterocycles. The Morgan fingerprint density at radius 2 is 2.05 bits per heavy atom. The number of hydrogen-bond acceptors (Lipinski definition) is 4. The first kappa shape index (κ1) is 17.7. The Labute approximate surface area is 124 Å². The number of sulfonamides is 1. The minimum absolute atomic E-state index is 0.0419. The van der Waals surface area contributed by atoms with Crippen molar-refractivity contribution < 1.29 is 26.9 Å². The molecule has 0 aliphatic rings. The molecule has 21 heavy (non-hydrogen) atoms. The normalized spacial score (nSPS) is 13.1. The molecule has 1 aromatic carbocycles. The van der Waals surface area contributed by atoms with Gasteiger partial charge in [-0.3, -0.25) is 4.21 Å². The molecular formula is C12H16FNO5S2. The van der Waals surface area contributed by atoms with Crippen LogP contribution in [-0.4, -0.2) is 42.3 Å². The predicted octanol–water partition coefficient (Wildman–Crippen LogP) is 0.879. The van der Waals surface area contributed by atoms with Gasteiger partial charge in [0, 0.05) is 34.9 Å². The largest absolute Gasteiger partial charge is 0.478 e. The molecule has 1 aromatic rings. The molecule has 2 N–H and O–H groups in total. The van der Waals surface area contributed by atoms with Gasteiger partial charge in [-0.2, -0.15) is 0 Å². The number of benzene rings is 1. The summed E-state index contributed by atoms with van der Waals surface area (Å²) in [7, 11) is -5.05. The lowest BCUT2D eigenvalue weighted by Gasteiger charge is -2.10. The van der Waals surface area contributed by atoms with Crippen LogP contribution in [0.3, 0.4) is 0 Å². The van der Waals surface area contributed by atoms with Crippen molar-refractivity contribution in [3.8, 4) is 0 Å². The molecule has 0 aromatic heterocycles. The molecule has 0 saturated carbocycles. The van der Waals surface area contributed by atoms with E-state index in [4.69, 9.17) is 5.11 Å². The lowest BCUT2D eigenvalue weighted by atomic mass is 10.1. The molecule has 0 radical (unpaired) electrons. The van der Waals surface area contributed by atoms with Gasteiger partial charge in [-0.1, -0.05) is 0 Å². The predicted molar refractivity (Wildman–Crippen MR) is 76.8 cm³/mol. The third-order valence-electron chi connectivity index (χ3n) is 2.73. The van der Waals surface area contributed by atoms with Gasteiger partial charge in [-0.05, 0) is 25.5 Å². The first-order valence-electron chi connectivity index (χ1n) is 5.98. The van der Waals surface area contributed by atoms with E-state index in [2.05, 4.69) is 4.72 Å². The summed E-state index contributed by atoms with van der Waals surface area (Å²) in [4.78, 5) is 10.5. The maximum absolute atomic E-state index is 13.6. The molecule has 0 spiro atoms. The number of aromatic carboxylic acids is 1. The smallest absolute Gasteiger partial charge is 0.335 e. The van der Waals surface area contributed by atoms with Crippen LogP contribution in [0, 0.1) is 12.7 Å². The Morgan fingerprint density at radius 3 is 2.57 bits per heavy atom. The highest BCUT2D eigenvalue weighted by molar-refractivity contribution is 7.89. The first-order chi connectivity index (χ1) is 9.65. The second-order valence-electron chi connectivity index (χ2n) is 4.42. The summed E-state index contributed by atoms with van der Waals surface area (Å²) in [6.45, 7) is 1.30. The molecule has 1 atom stereocenters. The fourth-order valence-corrected chi connectivity index (χ4v) is 3.52. The van der Waals surface area contributed by atoms with Gasteiger partial charge in [0.05, 0.1) is 10.5 Å². The number of carboxylic acid groups (broad SMARTS) is 1. The van der Waals surface area contributed by atoms with Crippen LogP contribution in [-0.2, 0) is 20.8 Å². The molecule has 1 unspecified atom stereocenters. The van der Waals surface area contributed by atoms with E-state index < -0.39 is 43.1 Å². The van der Waals surface area contributed by atoms with Crippen LogP contribution in [0.15, 0.2) is 17.0 Å². The van der Waals surface area contributed by atoms with Crippen molar-refractivity contribution in [1.82, 2.24) is 4.72 Å². The van der Waals surface area contributed by atoms with Gasteiger partial charge >= 0.3 is 5.97 Å². The fourth-order valence-electron chi connectivity index (χ4n) is 1.62. The maximum atomic E-state index is 13.6. The number of carboxylic acids is 1. The SMILES string of the molecule is Cc1c(F)cc(C(=O)O)cc1S(=O)(=O)NCCCS(C)=O. The van der Waals surface area contributed by atoms with Gasteiger partial charge in [0.15, 0.2) is 0 Å². The summed E-state index contributed by atoms with van der Waals surface area (Å²) in [6.07, 6.45) is 1.87. The highest BCUT2D eigenvalue weighted by atomic mass is 32.2. The molecular weight excluding hydrogens is 321 g/mol. The van der Waals surface area contributed by atoms with E-state index in [1.54, 1.807) is 0 Å². The van der Waals surface area contributed by atoms with E-state index in [-0.39, 0.29) is 12.1 Å². The van der Waals surface area contributed by atoms with Gasteiger partial charge in [0.2, 0.25) is 10.0 Å². The molecule has 0 fully saturated rings. The van der Waals surface area contributed by atoms with Crippen molar-refractivity contribution in [3.05, 3.63) is 29.1 Å². The van der Waals surface area contributed by atoms with E-state index in [1.165, 1.54) is 13.2 Å². The number of rotatable bonds is 7. The standard InChI is InChI=1S/C12H16FNO5S2/c1-8-10(13)6-9(12(15)16)7-11(8)21(18,19)14-4-3-5-20(2)17/h6-7,14H,3-5H2,1-2H3,(H,15,16). The van der Waals surface area contributed by atoms with Crippen LogP contribution in [0.2, 0.25) is 0 Å². The molecule has 0 aliphatic carbocycles. The van der Waals surface area contributed by atoms with E-state index in [0.717, 1.165) is 12.1 Å². The number of nitrogens with one attached hydrogen (secondary N) is 1. The lowest BCUT2D eigenvalue weighted by Crippen LogP contribution is -2.27. The van der Waals surface area contributed by atoms with Gasteiger partial charge < -0.3 is 5.11 Å². The van der Waals surface area contributed by atoms with Gasteiger partial charge in [-0.15, -0.1) is 0 Å². The Bertz CT molecular complexity index is 672. The van der Waals surface area contributed by atoms with Crippen molar-refractivity contribution >= 4 is 26.8 Å². The number of halogens is 1. The Balaban J connectivity index is 3.02. The van der Waals surface area contributed by atoms with Crippen molar-refractivity contribution in [2.24, 2.45) is 0 Å². The molecule has 1 rings (SSSR count). The minimum atomic E-state index is -4.02. The van der Waals surface area contributed by atoms with Gasteiger partial charge in [0.1, 0.15) is 5.82 Å². The Hall–Kier alpha value is -1.32. The zero-order valence-electron chi connectivity index (χ0n) is 11.6. The zero-order valence-corrected chi connectivity index (χ0v) is 13.2. The zero-order chi connectivity index (χ0) is 16.2. The highest BCUT2D eigenvalue weighted by Crippen LogP contribution is 2.20. The molecule has 0 amide bonds. The average Bonchev–Trinajstić information content (AvgIpc) is 2.37. The minimum Gasteiger partial charge on any atom is -0.478 e. The van der Waals surface area contributed by atoms with Crippen LogP contribution >= 0.6 is 0 Å². The van der Waals surface area contributed by atoms with Gasteiger partial charge in [0.25, 0.3) is 0 Å². The summed E-state index contributed by atoms with van der Waals surface area (Å²) < 4.78 is 50.9. The third-order valence-corrected chi connectivity index (χ3v) is 5.18. The van der Waals surface area contributed by atoms with Crippen LogP contribution < -0.4 is 4.72 Å². The summed E-state index contributed by atoms with van der Waals surface area (Å²) in [5.41, 5.74) is -0.584. The molecule has 9 heteroatoms. The van der Waals surface area contributed by atoms with E-state index in [1.807, 2.05) is 0 Å². The van der Waals surface area contributed by atoms with Gasteiger partial charge in [-0.25, -0.2) is 22.3 Å². The highest BCUT2D eigenvalue weighted by Gasteiger charge is 2.21. The third kappa shape index (κ3) is 4.87. The summed E-state index contributed by atoms with van der Waals surface area (Å²) in [5.74, 6) is -1.97. The quantitative estimate of drug-likeness (QED) is 0.719. The van der Waals surface area contributed by atoms with Crippen LogP contribution in [0.1, 0.15) is 22.3 Å². The van der Waals surface area contributed by atoms with E-state index >= 15 is 0 Å². The van der Waals surface area contributed by atoms with Crippen LogP contribution in [0.25, 0.3) is 0 Å². The lowest BCUT2D eigenvalue weighted by molar-refractivity contribution is 0.0696. The molecule has 0 aliphatic heterocycles. The summed E-state index contributed by atoms with van der Waals surface area (Å²) >= 11 is 0. The average molecular weight is 337 g/mol. The van der Waals surface area contributed by atoms with E-state index in [0.29, 0.717) is 12.2 Å². The van der Waals surface area contributed by atoms with Crippen molar-refractivity contribution in [3.63, 3.8) is 0 Å². The van der Waals surface area contributed by atoms with Crippen LogP contribution in [0.4, 0.5) is 4.39 Å². The second kappa shape index (κ2) is 7.10. The monoisotopic (exact) mass is 337 g/mol. The Kier molecular flexibility index (Phi) is 5.99. The molecule has 118 valence electrons. The molecule has 0 saturated heterocycles. The topological polar surface area (TPSA) is 101 Å². The number of hydrogen-bond donors (Lipinski definition) is 2. The fraction of sp³-hybridized carbons (Fsp3) is 0.417. The first-order valence-corrected chi connectivity index (χ1v) is 9.19. The Morgan fingerprint density at radius 1 is 1.43 bits per heavy atom. The maximum Gasteiger partial charge on any atom is 0.335 e. The van der Waals surface area contributed by atoms with Crippen molar-refractivity contribution in [1.29, 1.82) is 0 Å². The van der Waals surface area contributed by atoms with Crippen LogP contribution in [0.5, 0.6) is 0 Å². The molecule has 6 nitrogen and oxygen atoms in total. The summed E-state index contributed by atoms with van der Waals surface area (Å²) in [5, 5.41) is 8.85. The van der Waals surface area contributed by atoms with Crippen molar-refractivity contribution in [2.45, 2.75) is 18.2 Å².